The van der Waals surface area contributed by atoms with Gasteiger partial charge in [0, 0.05) is 12.7 Å². The Labute approximate surface area is 132 Å². The summed E-state index contributed by atoms with van der Waals surface area (Å²) < 4.78 is 7.56. The summed E-state index contributed by atoms with van der Waals surface area (Å²) in [5.41, 5.74) is 0.659. The summed E-state index contributed by atoms with van der Waals surface area (Å²) in [5.74, 6) is -0.0261. The average Bonchev–Trinajstić information content (AvgIpc) is 3.09. The van der Waals surface area contributed by atoms with Crippen LogP contribution in [0, 0.1) is 0 Å². The van der Waals surface area contributed by atoms with Gasteiger partial charge >= 0.3 is 0 Å². The van der Waals surface area contributed by atoms with Crippen LogP contribution in [0.25, 0.3) is 0 Å². The maximum Gasteiger partial charge on any atom is 0.291 e. The van der Waals surface area contributed by atoms with E-state index in [4.69, 9.17) is 4.42 Å². The third kappa shape index (κ3) is 4.44. The van der Waals surface area contributed by atoms with Crippen LogP contribution in [0.2, 0.25) is 0 Å². The first-order valence-corrected chi connectivity index (χ1v) is 7.73. The third-order valence-electron chi connectivity index (χ3n) is 3.23. The maximum absolute atomic E-state index is 11.9. The van der Waals surface area contributed by atoms with E-state index in [9.17, 15) is 4.79 Å². The number of aromatic nitrogens is 2. The highest BCUT2D eigenvalue weighted by molar-refractivity contribution is 9.10. The standard InChI is InChI=1S/C14H19BrN4O2/c1-3-18(4-2)7-8-19-10-11(9-16-19)17-14(20)12-5-6-13(15)21-12/h5-6,9-10H,3-4,7-8H2,1-2H3,(H,17,20). The van der Waals surface area contributed by atoms with Gasteiger partial charge in [-0.05, 0) is 41.2 Å². The predicted molar refractivity (Wildman–Crippen MR) is 84.4 cm³/mol. The van der Waals surface area contributed by atoms with Crippen LogP contribution >= 0.6 is 15.9 Å². The molecule has 0 atom stereocenters. The van der Waals surface area contributed by atoms with Crippen LogP contribution in [0.15, 0.2) is 33.6 Å². The summed E-state index contributed by atoms with van der Waals surface area (Å²) in [7, 11) is 0. The highest BCUT2D eigenvalue weighted by Gasteiger charge is 2.11. The Morgan fingerprint density at radius 3 is 2.81 bits per heavy atom. The number of anilines is 1. The number of rotatable bonds is 7. The minimum absolute atomic E-state index is 0.262. The second-order valence-corrected chi connectivity index (χ2v) is 5.36. The first-order valence-electron chi connectivity index (χ1n) is 6.93. The van der Waals surface area contributed by atoms with E-state index in [0.717, 1.165) is 26.2 Å². The summed E-state index contributed by atoms with van der Waals surface area (Å²) in [4.78, 5) is 14.2. The van der Waals surface area contributed by atoms with Gasteiger partial charge in [-0.2, -0.15) is 5.10 Å². The van der Waals surface area contributed by atoms with E-state index in [-0.39, 0.29) is 11.7 Å². The number of carbonyl (C=O) groups excluding carboxylic acids is 1. The molecule has 0 aliphatic rings. The van der Waals surface area contributed by atoms with Crippen molar-refractivity contribution in [3.63, 3.8) is 0 Å². The molecule has 0 saturated heterocycles. The number of carbonyl (C=O) groups is 1. The molecule has 0 unspecified atom stereocenters. The predicted octanol–water partition coefficient (Wildman–Crippen LogP) is 2.83. The van der Waals surface area contributed by atoms with Gasteiger partial charge in [0.2, 0.25) is 0 Å². The minimum atomic E-state index is -0.288. The highest BCUT2D eigenvalue weighted by Crippen LogP contribution is 2.15. The molecular weight excluding hydrogens is 336 g/mol. The van der Waals surface area contributed by atoms with E-state index in [2.05, 4.69) is 45.1 Å². The number of halogens is 1. The van der Waals surface area contributed by atoms with Crippen molar-refractivity contribution in [2.24, 2.45) is 0 Å². The van der Waals surface area contributed by atoms with E-state index in [1.165, 1.54) is 0 Å². The van der Waals surface area contributed by atoms with Crippen LogP contribution in [0.4, 0.5) is 5.69 Å². The molecule has 114 valence electrons. The number of amides is 1. The van der Waals surface area contributed by atoms with E-state index in [0.29, 0.717) is 10.4 Å². The lowest BCUT2D eigenvalue weighted by Gasteiger charge is -2.17. The number of nitrogens with one attached hydrogen (secondary N) is 1. The van der Waals surface area contributed by atoms with E-state index in [1.54, 1.807) is 18.3 Å². The van der Waals surface area contributed by atoms with Crippen LogP contribution in [-0.4, -0.2) is 40.2 Å². The van der Waals surface area contributed by atoms with Crippen molar-refractivity contribution in [3.05, 3.63) is 35.0 Å². The fourth-order valence-electron chi connectivity index (χ4n) is 1.96. The van der Waals surface area contributed by atoms with Crippen molar-refractivity contribution < 1.29 is 9.21 Å². The molecular formula is C14H19BrN4O2. The Hall–Kier alpha value is -1.60. The van der Waals surface area contributed by atoms with Crippen molar-refractivity contribution in [1.29, 1.82) is 0 Å². The van der Waals surface area contributed by atoms with Gasteiger partial charge in [-0.25, -0.2) is 0 Å². The summed E-state index contributed by atoms with van der Waals surface area (Å²) in [6.45, 7) is 8.06. The second-order valence-electron chi connectivity index (χ2n) is 4.58. The number of hydrogen-bond donors (Lipinski definition) is 1. The monoisotopic (exact) mass is 354 g/mol. The number of nitrogens with zero attached hydrogens (tertiary/aromatic N) is 3. The molecule has 2 heterocycles. The highest BCUT2D eigenvalue weighted by atomic mass is 79.9. The average molecular weight is 355 g/mol. The Morgan fingerprint density at radius 1 is 1.43 bits per heavy atom. The zero-order chi connectivity index (χ0) is 15.2. The lowest BCUT2D eigenvalue weighted by atomic mass is 10.4. The first kappa shape index (κ1) is 15.8. The molecule has 7 heteroatoms. The molecule has 0 fully saturated rings. The Kier molecular flexibility index (Phi) is 5.58. The summed E-state index contributed by atoms with van der Waals surface area (Å²) in [6.07, 6.45) is 3.46. The third-order valence-corrected chi connectivity index (χ3v) is 3.65. The van der Waals surface area contributed by atoms with Crippen molar-refractivity contribution in [3.8, 4) is 0 Å². The SMILES string of the molecule is CCN(CC)CCn1cc(NC(=O)c2ccc(Br)o2)cn1. The Bertz CT molecular complexity index is 589. The Morgan fingerprint density at radius 2 is 2.19 bits per heavy atom. The van der Waals surface area contributed by atoms with Gasteiger partial charge in [0.25, 0.3) is 5.91 Å². The van der Waals surface area contributed by atoms with Gasteiger partial charge in [0.15, 0.2) is 10.4 Å². The van der Waals surface area contributed by atoms with Crippen molar-refractivity contribution >= 4 is 27.5 Å². The Balaban J connectivity index is 1.89. The lowest BCUT2D eigenvalue weighted by molar-refractivity contribution is 0.0995. The first-order chi connectivity index (χ1) is 10.1. The molecule has 2 aromatic heterocycles. The summed E-state index contributed by atoms with van der Waals surface area (Å²) in [5, 5.41) is 7.00. The van der Waals surface area contributed by atoms with Crippen molar-refractivity contribution in [1.82, 2.24) is 14.7 Å². The molecule has 0 aliphatic heterocycles. The van der Waals surface area contributed by atoms with Crippen molar-refractivity contribution in [2.45, 2.75) is 20.4 Å². The maximum atomic E-state index is 11.9. The molecule has 0 bridgehead atoms. The molecule has 2 rings (SSSR count). The van der Waals surface area contributed by atoms with Crippen LogP contribution < -0.4 is 5.32 Å². The minimum Gasteiger partial charge on any atom is -0.444 e. The zero-order valence-electron chi connectivity index (χ0n) is 12.2. The smallest absolute Gasteiger partial charge is 0.291 e. The van der Waals surface area contributed by atoms with Gasteiger partial charge in [0.1, 0.15) is 0 Å². The van der Waals surface area contributed by atoms with E-state index >= 15 is 0 Å². The van der Waals surface area contributed by atoms with Gasteiger partial charge in [-0.1, -0.05) is 13.8 Å². The lowest BCUT2D eigenvalue weighted by Crippen LogP contribution is -2.27. The van der Waals surface area contributed by atoms with E-state index in [1.807, 2.05) is 10.9 Å². The van der Waals surface area contributed by atoms with Gasteiger partial charge in [-0.3, -0.25) is 9.48 Å². The molecule has 6 nitrogen and oxygen atoms in total. The molecule has 0 aromatic carbocycles. The van der Waals surface area contributed by atoms with Crippen molar-refractivity contribution in [2.75, 3.05) is 25.0 Å². The normalized spacial score (nSPS) is 11.0. The molecule has 21 heavy (non-hydrogen) atoms. The molecule has 2 aromatic rings. The molecule has 0 saturated carbocycles. The number of likely N-dealkylation sites (N-methyl/N-ethyl adjacent to an activating group) is 1. The topological polar surface area (TPSA) is 63.3 Å². The van der Waals surface area contributed by atoms with Crippen LogP contribution in [0.1, 0.15) is 24.4 Å². The number of furan rings is 1. The second kappa shape index (κ2) is 7.42. The quantitative estimate of drug-likeness (QED) is 0.830. The summed E-state index contributed by atoms with van der Waals surface area (Å²) in [6, 6.07) is 3.30. The molecule has 1 amide bonds. The van der Waals surface area contributed by atoms with Gasteiger partial charge in [0.05, 0.1) is 18.4 Å². The van der Waals surface area contributed by atoms with E-state index < -0.39 is 0 Å². The molecule has 0 radical (unpaired) electrons. The van der Waals surface area contributed by atoms with Crippen LogP contribution in [0.5, 0.6) is 0 Å². The molecule has 0 spiro atoms. The van der Waals surface area contributed by atoms with Crippen LogP contribution in [-0.2, 0) is 6.54 Å². The largest absolute Gasteiger partial charge is 0.444 e. The van der Waals surface area contributed by atoms with Crippen LogP contribution in [0.3, 0.4) is 0 Å². The fraction of sp³-hybridized carbons (Fsp3) is 0.429. The summed E-state index contributed by atoms with van der Waals surface area (Å²) >= 11 is 3.17. The molecule has 1 N–H and O–H groups in total. The zero-order valence-corrected chi connectivity index (χ0v) is 13.8. The van der Waals surface area contributed by atoms with Gasteiger partial charge in [-0.15, -0.1) is 0 Å². The van der Waals surface area contributed by atoms with Gasteiger partial charge < -0.3 is 14.6 Å². The molecule has 0 aliphatic carbocycles. The number of hydrogen-bond acceptors (Lipinski definition) is 4. The fourth-order valence-corrected chi connectivity index (χ4v) is 2.27.